The van der Waals surface area contributed by atoms with Gasteiger partial charge in [0.1, 0.15) is 11.8 Å². The largest absolute Gasteiger partial charge is 0.497 e. The minimum atomic E-state index is -0.726. The van der Waals surface area contributed by atoms with Gasteiger partial charge in [0, 0.05) is 12.6 Å². The number of hydrogen-bond acceptors (Lipinski definition) is 4. The van der Waals surface area contributed by atoms with Crippen LogP contribution in [0.5, 0.6) is 5.75 Å². The Morgan fingerprint density at radius 1 is 1.10 bits per heavy atom. The lowest BCUT2D eigenvalue weighted by atomic mass is 10.1. The molecule has 0 unspecified atom stereocenters. The summed E-state index contributed by atoms with van der Waals surface area (Å²) >= 11 is 0. The van der Waals surface area contributed by atoms with Crippen LogP contribution in [0.15, 0.2) is 58.1 Å². The minimum Gasteiger partial charge on any atom is -0.497 e. The highest BCUT2D eigenvalue weighted by atomic mass is 16.5. The van der Waals surface area contributed by atoms with Gasteiger partial charge in [0.15, 0.2) is 0 Å². The maximum Gasteiger partial charge on any atom is 0.336 e. The summed E-state index contributed by atoms with van der Waals surface area (Å²) in [6.07, 6.45) is 1.21. The number of fused-ring (bicyclic) bond motifs is 1. The molecule has 1 atom stereocenters. The fraction of sp³-hybridized carbons (Fsp3) is 0.318. The second-order valence-electron chi connectivity index (χ2n) is 6.73. The first kappa shape index (κ1) is 20.4. The first-order chi connectivity index (χ1) is 14.0. The quantitative estimate of drug-likeness (QED) is 0.667. The molecule has 7 nitrogen and oxygen atoms in total. The molecule has 0 bridgehead atoms. The standard InChI is InChI=1S/C22H25N3O4/c1-4-13-23-20(26)18(5-2)25-19-12-7-6-11-17(19)21(27)24(22(25)28)15-9-8-10-16(14-15)29-3/h6-12,14,18H,4-5,13H2,1-3H3,(H,23,26)/t18-/m1/s1. The smallest absolute Gasteiger partial charge is 0.336 e. The van der Waals surface area contributed by atoms with Gasteiger partial charge in [-0.25, -0.2) is 9.36 Å². The number of amides is 1. The van der Waals surface area contributed by atoms with Crippen LogP contribution in [0.2, 0.25) is 0 Å². The lowest BCUT2D eigenvalue weighted by Crippen LogP contribution is -2.44. The predicted octanol–water partition coefficient (Wildman–Crippen LogP) is 2.64. The molecule has 0 spiro atoms. The van der Waals surface area contributed by atoms with Gasteiger partial charge in [-0.3, -0.25) is 14.2 Å². The summed E-state index contributed by atoms with van der Waals surface area (Å²) in [5, 5.41) is 3.23. The van der Waals surface area contributed by atoms with Crippen LogP contribution in [0, 0.1) is 0 Å². The molecule has 0 fully saturated rings. The van der Waals surface area contributed by atoms with E-state index in [2.05, 4.69) is 5.32 Å². The molecule has 0 saturated carbocycles. The van der Waals surface area contributed by atoms with E-state index in [9.17, 15) is 14.4 Å². The molecular formula is C22H25N3O4. The molecule has 1 amide bonds. The van der Waals surface area contributed by atoms with Crippen molar-refractivity contribution in [3.05, 3.63) is 69.4 Å². The fourth-order valence-corrected chi connectivity index (χ4v) is 3.41. The normalized spacial score (nSPS) is 12.0. The SMILES string of the molecule is CCCNC(=O)[C@@H](CC)n1c(=O)n(-c2cccc(OC)c2)c(=O)c2ccccc21. The zero-order valence-corrected chi connectivity index (χ0v) is 16.8. The van der Waals surface area contributed by atoms with E-state index in [1.54, 1.807) is 48.5 Å². The first-order valence-corrected chi connectivity index (χ1v) is 9.71. The second kappa shape index (κ2) is 8.77. The van der Waals surface area contributed by atoms with E-state index in [0.717, 1.165) is 11.0 Å². The summed E-state index contributed by atoms with van der Waals surface area (Å²) in [5.74, 6) is 0.290. The van der Waals surface area contributed by atoms with Gasteiger partial charge < -0.3 is 10.1 Å². The molecule has 1 aromatic heterocycles. The number of benzene rings is 2. The van der Waals surface area contributed by atoms with Gasteiger partial charge in [-0.05, 0) is 37.1 Å². The zero-order valence-electron chi connectivity index (χ0n) is 16.8. The van der Waals surface area contributed by atoms with Crippen molar-refractivity contribution >= 4 is 16.8 Å². The minimum absolute atomic E-state index is 0.238. The van der Waals surface area contributed by atoms with E-state index in [1.165, 1.54) is 11.7 Å². The third kappa shape index (κ3) is 3.81. The monoisotopic (exact) mass is 395 g/mol. The summed E-state index contributed by atoms with van der Waals surface area (Å²) in [6.45, 7) is 4.34. The van der Waals surface area contributed by atoms with E-state index in [1.807, 2.05) is 13.8 Å². The lowest BCUT2D eigenvalue weighted by molar-refractivity contribution is -0.124. The highest BCUT2D eigenvalue weighted by molar-refractivity contribution is 5.84. The summed E-state index contributed by atoms with van der Waals surface area (Å²) in [4.78, 5) is 39.4. The van der Waals surface area contributed by atoms with E-state index >= 15 is 0 Å². The third-order valence-corrected chi connectivity index (χ3v) is 4.86. The molecule has 0 radical (unpaired) electrons. The molecule has 1 heterocycles. The predicted molar refractivity (Wildman–Crippen MR) is 113 cm³/mol. The topological polar surface area (TPSA) is 82.3 Å². The van der Waals surface area contributed by atoms with Crippen LogP contribution in [-0.2, 0) is 4.79 Å². The van der Waals surface area contributed by atoms with Crippen LogP contribution < -0.4 is 21.3 Å². The van der Waals surface area contributed by atoms with Crippen LogP contribution >= 0.6 is 0 Å². The van der Waals surface area contributed by atoms with Gasteiger partial charge in [-0.1, -0.05) is 32.0 Å². The fourth-order valence-electron chi connectivity index (χ4n) is 3.41. The highest BCUT2D eigenvalue weighted by Crippen LogP contribution is 2.19. The number of nitrogens with one attached hydrogen (secondary N) is 1. The van der Waals surface area contributed by atoms with Crippen LogP contribution in [0.25, 0.3) is 16.6 Å². The van der Waals surface area contributed by atoms with Crippen molar-refractivity contribution in [2.24, 2.45) is 0 Å². The molecule has 3 rings (SSSR count). The Morgan fingerprint density at radius 3 is 2.55 bits per heavy atom. The zero-order chi connectivity index (χ0) is 21.0. The maximum atomic E-state index is 13.5. The summed E-state index contributed by atoms with van der Waals surface area (Å²) < 4.78 is 7.75. The lowest BCUT2D eigenvalue weighted by Gasteiger charge is -2.21. The van der Waals surface area contributed by atoms with Crippen molar-refractivity contribution in [2.45, 2.75) is 32.7 Å². The summed E-state index contributed by atoms with van der Waals surface area (Å²) in [5.41, 5.74) is -0.151. The average molecular weight is 395 g/mol. The Balaban J connectivity index is 2.34. The number of rotatable bonds is 7. The van der Waals surface area contributed by atoms with Crippen LogP contribution in [0.4, 0.5) is 0 Å². The number of aromatic nitrogens is 2. The van der Waals surface area contributed by atoms with E-state index in [4.69, 9.17) is 4.74 Å². The summed E-state index contributed by atoms with van der Waals surface area (Å²) in [7, 11) is 1.52. The van der Waals surface area contributed by atoms with Gasteiger partial charge in [0.25, 0.3) is 5.56 Å². The number of hydrogen-bond donors (Lipinski definition) is 1. The van der Waals surface area contributed by atoms with E-state index in [0.29, 0.717) is 35.3 Å². The molecule has 1 N–H and O–H groups in total. The van der Waals surface area contributed by atoms with Crippen LogP contribution in [0.3, 0.4) is 0 Å². The molecule has 2 aromatic carbocycles. The van der Waals surface area contributed by atoms with Crippen molar-refractivity contribution in [3.63, 3.8) is 0 Å². The molecule has 0 aliphatic heterocycles. The third-order valence-electron chi connectivity index (χ3n) is 4.86. The van der Waals surface area contributed by atoms with Gasteiger partial charge in [0.05, 0.1) is 23.7 Å². The molecule has 0 aliphatic carbocycles. The number of para-hydroxylation sites is 1. The Bertz CT molecular complexity index is 1150. The maximum absolute atomic E-state index is 13.5. The highest BCUT2D eigenvalue weighted by Gasteiger charge is 2.24. The van der Waals surface area contributed by atoms with Gasteiger partial charge >= 0.3 is 5.69 Å². The number of carbonyl (C=O) groups is 1. The molecule has 3 aromatic rings. The Kier molecular flexibility index (Phi) is 6.16. The Morgan fingerprint density at radius 2 is 1.86 bits per heavy atom. The Hall–Kier alpha value is -3.35. The number of ether oxygens (including phenoxy) is 1. The molecule has 152 valence electrons. The molecule has 7 heteroatoms. The molecule has 29 heavy (non-hydrogen) atoms. The number of methoxy groups -OCH3 is 1. The van der Waals surface area contributed by atoms with Crippen LogP contribution in [0.1, 0.15) is 32.7 Å². The van der Waals surface area contributed by atoms with Crippen LogP contribution in [-0.4, -0.2) is 28.7 Å². The van der Waals surface area contributed by atoms with Crippen molar-refractivity contribution in [2.75, 3.05) is 13.7 Å². The van der Waals surface area contributed by atoms with Gasteiger partial charge in [0.2, 0.25) is 5.91 Å². The molecule has 0 aliphatic rings. The van der Waals surface area contributed by atoms with Crippen molar-refractivity contribution in [1.82, 2.24) is 14.5 Å². The van der Waals surface area contributed by atoms with Crippen molar-refractivity contribution < 1.29 is 9.53 Å². The average Bonchev–Trinajstić information content (AvgIpc) is 2.75. The Labute approximate surface area is 168 Å². The number of nitrogens with zero attached hydrogens (tertiary/aromatic N) is 2. The first-order valence-electron chi connectivity index (χ1n) is 9.71. The second-order valence-corrected chi connectivity index (χ2v) is 6.73. The molecule has 0 saturated heterocycles. The molecular weight excluding hydrogens is 370 g/mol. The van der Waals surface area contributed by atoms with E-state index < -0.39 is 17.3 Å². The van der Waals surface area contributed by atoms with Crippen molar-refractivity contribution in [1.29, 1.82) is 0 Å². The van der Waals surface area contributed by atoms with E-state index in [-0.39, 0.29) is 5.91 Å². The van der Waals surface area contributed by atoms with Gasteiger partial charge in [-0.15, -0.1) is 0 Å². The van der Waals surface area contributed by atoms with Gasteiger partial charge in [-0.2, -0.15) is 0 Å². The van der Waals surface area contributed by atoms with Crippen molar-refractivity contribution in [3.8, 4) is 11.4 Å². The summed E-state index contributed by atoms with van der Waals surface area (Å²) in [6, 6.07) is 12.9. The number of carbonyl (C=O) groups excluding carboxylic acids is 1.